The number of hydrogen-bond acceptors (Lipinski definition) is 4. The second-order valence-electron chi connectivity index (χ2n) is 8.35. The topological polar surface area (TPSA) is 52.9 Å². The van der Waals surface area contributed by atoms with E-state index in [-0.39, 0.29) is 11.4 Å². The summed E-state index contributed by atoms with van der Waals surface area (Å²) in [5, 5.41) is 21.2. The number of aryl methyl sites for hydroxylation is 2. The number of β-amino-alcohol motifs (C(OH)–C–C–N with tert-alkyl or cyclic N) is 1. The smallest absolute Gasteiger partial charge is 0.126 e. The van der Waals surface area contributed by atoms with E-state index in [2.05, 4.69) is 18.7 Å². The summed E-state index contributed by atoms with van der Waals surface area (Å²) in [6.45, 7) is 6.22. The highest BCUT2D eigenvalue weighted by atomic mass is 19.1. The van der Waals surface area contributed by atoms with E-state index in [0.717, 1.165) is 42.8 Å². The van der Waals surface area contributed by atoms with Gasteiger partial charge in [-0.2, -0.15) is 0 Å². The summed E-state index contributed by atoms with van der Waals surface area (Å²) in [6, 6.07) is 10.1. The summed E-state index contributed by atoms with van der Waals surface area (Å²) < 4.78 is 19.5. The monoisotopic (exact) mass is 385 g/mol. The van der Waals surface area contributed by atoms with Crippen molar-refractivity contribution in [2.45, 2.75) is 50.9 Å². The second kappa shape index (κ2) is 7.47. The summed E-state index contributed by atoms with van der Waals surface area (Å²) in [7, 11) is 0. The molecule has 0 amide bonds. The van der Waals surface area contributed by atoms with Crippen molar-refractivity contribution in [3.63, 3.8) is 0 Å². The van der Waals surface area contributed by atoms with Gasteiger partial charge in [0, 0.05) is 31.6 Å². The second-order valence-corrected chi connectivity index (χ2v) is 8.35. The molecule has 2 aromatic carbocycles. The van der Waals surface area contributed by atoms with Gasteiger partial charge in [-0.15, -0.1) is 0 Å². The quantitative estimate of drug-likeness (QED) is 0.843. The van der Waals surface area contributed by atoms with Crippen LogP contribution in [0.15, 0.2) is 36.4 Å². The molecule has 2 atom stereocenters. The summed E-state index contributed by atoms with van der Waals surface area (Å²) in [4.78, 5) is 2.21. The number of benzene rings is 2. The maximum Gasteiger partial charge on any atom is 0.126 e. The molecule has 5 heteroatoms. The van der Waals surface area contributed by atoms with Crippen LogP contribution in [0.4, 0.5) is 4.39 Å². The van der Waals surface area contributed by atoms with Gasteiger partial charge >= 0.3 is 0 Å². The zero-order valence-corrected chi connectivity index (χ0v) is 16.5. The van der Waals surface area contributed by atoms with Gasteiger partial charge in [-0.25, -0.2) is 4.39 Å². The van der Waals surface area contributed by atoms with E-state index in [1.807, 2.05) is 12.1 Å². The molecule has 0 unspecified atom stereocenters. The number of halogens is 1. The third-order valence-electron chi connectivity index (χ3n) is 6.33. The summed E-state index contributed by atoms with van der Waals surface area (Å²) in [5.41, 5.74) is 3.62. The molecule has 2 N–H and O–H groups in total. The van der Waals surface area contributed by atoms with Crippen LogP contribution in [0.3, 0.4) is 0 Å². The standard InChI is InChI=1S/C23H28FNO3/c1-15-11-19-20(26)13-23(28-22(19)12-16(15)2)7-9-25(10-8-23)14-21(27)17-3-5-18(24)6-4-17/h3-6,11-12,20-21,26-27H,7-10,13-14H2,1-2H3/t20-,21-/m0/s1. The number of nitrogens with zero attached hydrogens (tertiary/aromatic N) is 1. The number of piperidine rings is 1. The maximum atomic E-state index is 13.1. The number of aliphatic hydroxyl groups excluding tert-OH is 2. The number of fused-ring (bicyclic) bond motifs is 1. The first-order valence-electron chi connectivity index (χ1n) is 9.99. The minimum atomic E-state index is -0.640. The zero-order valence-electron chi connectivity index (χ0n) is 16.5. The number of rotatable bonds is 3. The number of hydrogen-bond donors (Lipinski definition) is 2. The predicted molar refractivity (Wildman–Crippen MR) is 106 cm³/mol. The van der Waals surface area contributed by atoms with Crippen molar-refractivity contribution >= 4 is 0 Å². The van der Waals surface area contributed by atoms with Gasteiger partial charge in [-0.1, -0.05) is 12.1 Å². The molecule has 2 aromatic rings. The SMILES string of the molecule is Cc1cc2c(cc1C)[C@@H](O)CC1(CCN(C[C@H](O)c3ccc(F)cc3)CC1)O2. The average molecular weight is 385 g/mol. The normalized spacial score (nSPS) is 22.5. The van der Waals surface area contributed by atoms with Crippen molar-refractivity contribution in [1.82, 2.24) is 4.90 Å². The van der Waals surface area contributed by atoms with Crippen LogP contribution in [0, 0.1) is 19.7 Å². The highest BCUT2D eigenvalue weighted by molar-refractivity contribution is 5.45. The van der Waals surface area contributed by atoms with Crippen LogP contribution in [0.2, 0.25) is 0 Å². The molecule has 150 valence electrons. The van der Waals surface area contributed by atoms with Crippen molar-refractivity contribution in [2.24, 2.45) is 0 Å². The van der Waals surface area contributed by atoms with Gasteiger partial charge < -0.3 is 19.8 Å². The summed E-state index contributed by atoms with van der Waals surface area (Å²) in [6.07, 6.45) is 1.09. The van der Waals surface area contributed by atoms with Crippen LogP contribution >= 0.6 is 0 Å². The van der Waals surface area contributed by atoms with Gasteiger partial charge in [-0.3, -0.25) is 0 Å². The van der Waals surface area contributed by atoms with Crippen molar-refractivity contribution < 1.29 is 19.3 Å². The minimum Gasteiger partial charge on any atom is -0.487 e. The lowest BCUT2D eigenvalue weighted by Gasteiger charge is -2.46. The molecule has 2 heterocycles. The first-order valence-corrected chi connectivity index (χ1v) is 9.99. The Morgan fingerprint density at radius 3 is 2.46 bits per heavy atom. The average Bonchev–Trinajstić information content (AvgIpc) is 2.66. The first kappa shape index (κ1) is 19.4. The third kappa shape index (κ3) is 3.79. The summed E-state index contributed by atoms with van der Waals surface area (Å²) in [5.74, 6) is 0.510. The Morgan fingerprint density at radius 1 is 1.14 bits per heavy atom. The van der Waals surface area contributed by atoms with Crippen molar-refractivity contribution in [1.29, 1.82) is 0 Å². The predicted octanol–water partition coefficient (Wildman–Crippen LogP) is 3.83. The fraction of sp³-hybridized carbons (Fsp3) is 0.478. The Hall–Kier alpha value is -1.95. The fourth-order valence-corrected chi connectivity index (χ4v) is 4.38. The highest BCUT2D eigenvalue weighted by Gasteiger charge is 2.43. The van der Waals surface area contributed by atoms with Gasteiger partial charge in [0.1, 0.15) is 17.2 Å². The molecule has 0 aliphatic carbocycles. The van der Waals surface area contributed by atoms with E-state index in [1.54, 1.807) is 12.1 Å². The molecule has 0 aromatic heterocycles. The zero-order chi connectivity index (χ0) is 19.9. The minimum absolute atomic E-state index is 0.297. The lowest BCUT2D eigenvalue weighted by Crippen LogP contribution is -2.51. The molecule has 4 nitrogen and oxygen atoms in total. The number of likely N-dealkylation sites (tertiary alicyclic amines) is 1. The van der Waals surface area contributed by atoms with E-state index in [0.29, 0.717) is 13.0 Å². The van der Waals surface area contributed by atoms with Gasteiger partial charge in [0.15, 0.2) is 0 Å². The Balaban J connectivity index is 1.41. The van der Waals surface area contributed by atoms with Gasteiger partial charge in [-0.05, 0) is 67.6 Å². The number of ether oxygens (including phenoxy) is 1. The summed E-state index contributed by atoms with van der Waals surface area (Å²) >= 11 is 0. The Bertz CT molecular complexity index is 844. The van der Waals surface area contributed by atoms with Crippen LogP contribution < -0.4 is 4.74 Å². The molecule has 1 spiro atoms. The first-order chi connectivity index (χ1) is 13.3. The van der Waals surface area contributed by atoms with E-state index >= 15 is 0 Å². The Morgan fingerprint density at radius 2 is 1.79 bits per heavy atom. The molecule has 1 saturated heterocycles. The molecule has 1 fully saturated rings. The lowest BCUT2D eigenvalue weighted by atomic mass is 9.81. The van der Waals surface area contributed by atoms with Crippen molar-refractivity contribution in [3.8, 4) is 5.75 Å². The third-order valence-corrected chi connectivity index (χ3v) is 6.33. The molecule has 4 rings (SSSR count). The maximum absolute atomic E-state index is 13.1. The molecule has 0 bridgehead atoms. The largest absolute Gasteiger partial charge is 0.487 e. The van der Waals surface area contributed by atoms with Crippen LogP contribution in [0.1, 0.15) is 53.7 Å². The molecular weight excluding hydrogens is 357 g/mol. The van der Waals surface area contributed by atoms with Crippen LogP contribution in [-0.2, 0) is 0 Å². The van der Waals surface area contributed by atoms with Crippen LogP contribution in [0.25, 0.3) is 0 Å². The van der Waals surface area contributed by atoms with E-state index in [9.17, 15) is 14.6 Å². The highest BCUT2D eigenvalue weighted by Crippen LogP contribution is 2.45. The Labute approximate surface area is 165 Å². The van der Waals surface area contributed by atoms with Crippen LogP contribution in [-0.4, -0.2) is 40.3 Å². The lowest BCUT2D eigenvalue weighted by molar-refractivity contribution is -0.0588. The molecule has 0 radical (unpaired) electrons. The van der Waals surface area contributed by atoms with Gasteiger partial charge in [0.2, 0.25) is 0 Å². The van der Waals surface area contributed by atoms with E-state index < -0.39 is 12.2 Å². The van der Waals surface area contributed by atoms with Crippen molar-refractivity contribution in [2.75, 3.05) is 19.6 Å². The molecular formula is C23H28FNO3. The van der Waals surface area contributed by atoms with E-state index in [4.69, 9.17) is 4.74 Å². The fourth-order valence-electron chi connectivity index (χ4n) is 4.38. The molecule has 2 aliphatic heterocycles. The molecule has 0 saturated carbocycles. The van der Waals surface area contributed by atoms with Gasteiger partial charge in [0.05, 0.1) is 12.2 Å². The molecule has 28 heavy (non-hydrogen) atoms. The van der Waals surface area contributed by atoms with Gasteiger partial charge in [0.25, 0.3) is 0 Å². The molecule has 2 aliphatic rings. The van der Waals surface area contributed by atoms with Crippen molar-refractivity contribution in [3.05, 3.63) is 64.5 Å². The van der Waals surface area contributed by atoms with Crippen LogP contribution in [0.5, 0.6) is 5.75 Å². The Kier molecular flexibility index (Phi) is 5.17. The number of aliphatic hydroxyl groups is 2. The van der Waals surface area contributed by atoms with E-state index in [1.165, 1.54) is 23.3 Å².